The molecule has 156 valence electrons. The summed E-state index contributed by atoms with van der Waals surface area (Å²) >= 11 is 0. The fourth-order valence-corrected chi connectivity index (χ4v) is 3.13. The Morgan fingerprint density at radius 1 is 1.03 bits per heavy atom. The number of hydrogen-bond donors (Lipinski definition) is 1. The number of ether oxygens (including phenoxy) is 1. The molecule has 3 aromatic rings. The minimum Gasteiger partial charge on any atom is -0.445 e. The molecule has 3 rings (SSSR count). The summed E-state index contributed by atoms with van der Waals surface area (Å²) in [6.45, 7) is 0.545. The molecule has 7 heteroatoms. The van der Waals surface area contributed by atoms with E-state index in [2.05, 4.69) is 10.4 Å². The minimum atomic E-state index is -0.739. The van der Waals surface area contributed by atoms with E-state index in [-0.39, 0.29) is 12.5 Å². The van der Waals surface area contributed by atoms with Crippen molar-refractivity contribution in [2.75, 3.05) is 7.05 Å². The average molecular weight is 406 g/mol. The highest BCUT2D eigenvalue weighted by atomic mass is 16.5. The molecule has 1 aromatic heterocycles. The van der Waals surface area contributed by atoms with E-state index < -0.39 is 12.1 Å². The number of carbonyl (C=O) groups is 2. The maximum atomic E-state index is 13.1. The number of benzene rings is 2. The highest BCUT2D eigenvalue weighted by Gasteiger charge is 2.25. The molecule has 0 bridgehead atoms. The van der Waals surface area contributed by atoms with Crippen LogP contribution in [-0.2, 0) is 36.2 Å². The van der Waals surface area contributed by atoms with Crippen molar-refractivity contribution >= 4 is 12.0 Å². The molecule has 1 unspecified atom stereocenters. The number of likely N-dealkylation sites (N-methyl/N-ethyl adjacent to an activating group) is 1. The van der Waals surface area contributed by atoms with Gasteiger partial charge in [0.2, 0.25) is 5.91 Å². The second-order valence-electron chi connectivity index (χ2n) is 7.16. The first-order valence-corrected chi connectivity index (χ1v) is 9.75. The summed E-state index contributed by atoms with van der Waals surface area (Å²) < 4.78 is 7.00. The smallest absolute Gasteiger partial charge is 0.408 e. The predicted octanol–water partition coefficient (Wildman–Crippen LogP) is 2.92. The van der Waals surface area contributed by atoms with Crippen molar-refractivity contribution in [1.82, 2.24) is 20.0 Å². The van der Waals surface area contributed by atoms with Gasteiger partial charge in [-0.1, -0.05) is 60.7 Å². The number of amides is 2. The minimum absolute atomic E-state index is 0.143. The second kappa shape index (κ2) is 10.2. The zero-order valence-electron chi connectivity index (χ0n) is 17.2. The number of rotatable bonds is 8. The quantitative estimate of drug-likeness (QED) is 0.624. The van der Waals surface area contributed by atoms with E-state index in [1.807, 2.05) is 73.9 Å². The third-order valence-corrected chi connectivity index (χ3v) is 4.64. The van der Waals surface area contributed by atoms with Gasteiger partial charge >= 0.3 is 6.09 Å². The molecule has 0 aliphatic heterocycles. The highest BCUT2D eigenvalue weighted by Crippen LogP contribution is 2.09. The molecule has 0 saturated carbocycles. The van der Waals surface area contributed by atoms with Crippen LogP contribution in [0.5, 0.6) is 0 Å². The van der Waals surface area contributed by atoms with Crippen LogP contribution in [0.2, 0.25) is 0 Å². The summed E-state index contributed by atoms with van der Waals surface area (Å²) in [7, 11) is 3.54. The standard InChI is InChI=1S/C23H26N4O3/c1-26(15-20-14-24-27(2)16-20)22(28)21(13-18-9-5-3-6-10-18)25-23(29)30-17-19-11-7-4-8-12-19/h3-12,14,16,21H,13,15,17H2,1-2H3,(H,25,29). The van der Waals surface area contributed by atoms with Crippen LogP contribution < -0.4 is 5.32 Å². The zero-order chi connectivity index (χ0) is 21.3. The van der Waals surface area contributed by atoms with Crippen molar-refractivity contribution in [1.29, 1.82) is 0 Å². The van der Waals surface area contributed by atoms with E-state index in [9.17, 15) is 9.59 Å². The van der Waals surface area contributed by atoms with Crippen molar-refractivity contribution in [3.63, 3.8) is 0 Å². The van der Waals surface area contributed by atoms with Crippen molar-refractivity contribution in [3.8, 4) is 0 Å². The lowest BCUT2D eigenvalue weighted by Crippen LogP contribution is -2.48. The van der Waals surface area contributed by atoms with Crippen LogP contribution in [-0.4, -0.2) is 39.8 Å². The van der Waals surface area contributed by atoms with Crippen LogP contribution >= 0.6 is 0 Å². The lowest BCUT2D eigenvalue weighted by atomic mass is 10.0. The Bertz CT molecular complexity index is 957. The van der Waals surface area contributed by atoms with Crippen molar-refractivity contribution in [2.24, 2.45) is 7.05 Å². The number of nitrogens with zero attached hydrogens (tertiary/aromatic N) is 3. The first kappa shape index (κ1) is 21.1. The van der Waals surface area contributed by atoms with E-state index >= 15 is 0 Å². The van der Waals surface area contributed by atoms with E-state index in [4.69, 9.17) is 4.74 Å². The number of aryl methyl sites for hydroxylation is 1. The molecule has 2 aromatic carbocycles. The topological polar surface area (TPSA) is 76.5 Å². The molecule has 0 aliphatic rings. The number of carbonyl (C=O) groups excluding carboxylic acids is 2. The van der Waals surface area contributed by atoms with Crippen LogP contribution in [0.15, 0.2) is 73.1 Å². The largest absolute Gasteiger partial charge is 0.445 e. The molecule has 0 fully saturated rings. The van der Waals surface area contributed by atoms with Gasteiger partial charge in [-0.25, -0.2) is 4.79 Å². The van der Waals surface area contributed by atoms with E-state index in [1.54, 1.807) is 22.8 Å². The molecule has 0 spiro atoms. The van der Waals surface area contributed by atoms with Crippen LogP contribution in [0.1, 0.15) is 16.7 Å². The van der Waals surface area contributed by atoms with Gasteiger partial charge in [-0.05, 0) is 11.1 Å². The molecule has 0 saturated heterocycles. The van der Waals surface area contributed by atoms with Gasteiger partial charge in [0.05, 0.1) is 6.20 Å². The maximum absolute atomic E-state index is 13.1. The summed E-state index contributed by atoms with van der Waals surface area (Å²) in [5, 5.41) is 6.87. The van der Waals surface area contributed by atoms with Gasteiger partial charge in [-0.15, -0.1) is 0 Å². The molecule has 1 heterocycles. The van der Waals surface area contributed by atoms with Crippen molar-refractivity contribution in [3.05, 3.63) is 89.7 Å². The lowest BCUT2D eigenvalue weighted by molar-refractivity contribution is -0.132. The fourth-order valence-electron chi connectivity index (χ4n) is 3.13. The molecular formula is C23H26N4O3. The van der Waals surface area contributed by atoms with Gasteiger partial charge in [0.15, 0.2) is 0 Å². The molecule has 0 radical (unpaired) electrons. The zero-order valence-corrected chi connectivity index (χ0v) is 17.2. The fraction of sp³-hybridized carbons (Fsp3) is 0.261. The van der Waals surface area contributed by atoms with Gasteiger partial charge in [-0.2, -0.15) is 5.10 Å². The summed E-state index contributed by atoms with van der Waals surface area (Å²) in [6, 6.07) is 18.3. The molecular weight excluding hydrogens is 380 g/mol. The first-order valence-electron chi connectivity index (χ1n) is 9.75. The number of alkyl carbamates (subject to hydrolysis) is 1. The molecule has 2 amide bonds. The normalized spacial score (nSPS) is 11.5. The first-order chi connectivity index (χ1) is 14.5. The van der Waals surface area contributed by atoms with E-state index in [0.29, 0.717) is 13.0 Å². The summed E-state index contributed by atoms with van der Waals surface area (Å²) in [5.41, 5.74) is 2.75. The van der Waals surface area contributed by atoms with Gasteiger partial charge in [0.1, 0.15) is 12.6 Å². The molecule has 30 heavy (non-hydrogen) atoms. The SMILES string of the molecule is CN(Cc1cnn(C)c1)C(=O)C(Cc1ccccc1)NC(=O)OCc1ccccc1. The van der Waals surface area contributed by atoms with Gasteiger partial charge in [0, 0.05) is 38.8 Å². The molecule has 7 nitrogen and oxygen atoms in total. The molecule has 1 atom stereocenters. The second-order valence-corrected chi connectivity index (χ2v) is 7.16. The molecule has 0 aliphatic carbocycles. The third kappa shape index (κ3) is 6.20. The maximum Gasteiger partial charge on any atom is 0.408 e. The Labute approximate surface area is 176 Å². The number of nitrogens with one attached hydrogen (secondary N) is 1. The lowest BCUT2D eigenvalue weighted by Gasteiger charge is -2.24. The van der Waals surface area contributed by atoms with Crippen LogP contribution in [0.3, 0.4) is 0 Å². The van der Waals surface area contributed by atoms with Crippen molar-refractivity contribution in [2.45, 2.75) is 25.6 Å². The Morgan fingerprint density at radius 2 is 1.67 bits per heavy atom. The van der Waals surface area contributed by atoms with Crippen molar-refractivity contribution < 1.29 is 14.3 Å². The number of aromatic nitrogens is 2. The summed E-state index contributed by atoms with van der Waals surface area (Å²) in [4.78, 5) is 27.1. The van der Waals surface area contributed by atoms with Crippen LogP contribution in [0.4, 0.5) is 4.79 Å². The number of hydrogen-bond acceptors (Lipinski definition) is 4. The van der Waals surface area contributed by atoms with E-state index in [1.165, 1.54) is 0 Å². The predicted molar refractivity (Wildman–Crippen MR) is 113 cm³/mol. The highest BCUT2D eigenvalue weighted by molar-refractivity contribution is 5.85. The van der Waals surface area contributed by atoms with Gasteiger partial charge < -0.3 is 15.0 Å². The van der Waals surface area contributed by atoms with Gasteiger partial charge in [0.25, 0.3) is 0 Å². The Kier molecular flexibility index (Phi) is 7.21. The summed E-state index contributed by atoms with van der Waals surface area (Å²) in [6.07, 6.45) is 3.33. The monoisotopic (exact) mass is 406 g/mol. The van der Waals surface area contributed by atoms with Crippen LogP contribution in [0, 0.1) is 0 Å². The Balaban J connectivity index is 1.65. The molecule has 1 N–H and O–H groups in total. The van der Waals surface area contributed by atoms with Crippen LogP contribution in [0.25, 0.3) is 0 Å². The van der Waals surface area contributed by atoms with E-state index in [0.717, 1.165) is 16.7 Å². The average Bonchev–Trinajstić information content (AvgIpc) is 3.17. The third-order valence-electron chi connectivity index (χ3n) is 4.64. The Morgan fingerprint density at radius 3 is 2.27 bits per heavy atom. The summed E-state index contributed by atoms with van der Waals surface area (Å²) in [5.74, 6) is -0.195. The van der Waals surface area contributed by atoms with Gasteiger partial charge in [-0.3, -0.25) is 9.48 Å². The Hall–Kier alpha value is -3.61.